The molecule has 3 nitrogen and oxygen atoms in total. The molecule has 0 aliphatic carbocycles. The van der Waals surface area contributed by atoms with Crippen molar-refractivity contribution < 1.29 is 27.4 Å². The second-order valence-corrected chi connectivity index (χ2v) is 4.18. The predicted molar refractivity (Wildman–Crippen MR) is 65.6 cm³/mol. The van der Waals surface area contributed by atoms with Crippen LogP contribution in [0.1, 0.15) is 17.5 Å². The Hall–Kier alpha value is -1.18. The molecule has 1 aromatic rings. The fourth-order valence-corrected chi connectivity index (χ4v) is 1.60. The first-order valence-corrected chi connectivity index (χ1v) is 6.20. The van der Waals surface area contributed by atoms with Gasteiger partial charge in [0.05, 0.1) is 18.8 Å². The summed E-state index contributed by atoms with van der Waals surface area (Å²) in [6.07, 6.45) is -4.01. The minimum absolute atomic E-state index is 0.0385. The lowest BCUT2D eigenvalue weighted by Crippen LogP contribution is -2.17. The molecule has 0 aliphatic heterocycles. The Kier molecular flexibility index (Phi) is 6.90. The number of hydrogen-bond acceptors (Lipinski definition) is 3. The van der Waals surface area contributed by atoms with E-state index in [0.29, 0.717) is 25.1 Å². The number of rotatable bonds is 8. The summed E-state index contributed by atoms with van der Waals surface area (Å²) in [5, 5.41) is 11.4. The smallest absolute Gasteiger partial charge is 0.394 e. The fourth-order valence-electron chi connectivity index (χ4n) is 1.60. The van der Waals surface area contributed by atoms with Crippen molar-refractivity contribution in [2.75, 3.05) is 26.4 Å². The van der Waals surface area contributed by atoms with E-state index in [4.69, 9.17) is 9.84 Å². The fraction of sp³-hybridized carbons (Fsp3) is 0.538. The summed E-state index contributed by atoms with van der Waals surface area (Å²) < 4.78 is 55.6. The van der Waals surface area contributed by atoms with E-state index in [2.05, 4.69) is 5.32 Å². The van der Waals surface area contributed by atoms with Crippen LogP contribution in [-0.4, -0.2) is 31.5 Å². The van der Waals surface area contributed by atoms with Crippen LogP contribution in [0.2, 0.25) is 0 Å². The lowest BCUT2D eigenvalue weighted by molar-refractivity contribution is -0.140. The van der Waals surface area contributed by atoms with Gasteiger partial charge in [0, 0.05) is 13.2 Å². The van der Waals surface area contributed by atoms with Gasteiger partial charge in [-0.2, -0.15) is 13.2 Å². The zero-order chi connectivity index (χ0) is 15.0. The van der Waals surface area contributed by atoms with Gasteiger partial charge < -0.3 is 15.2 Å². The minimum Gasteiger partial charge on any atom is -0.394 e. The van der Waals surface area contributed by atoms with Gasteiger partial charge in [-0.1, -0.05) is 6.07 Å². The van der Waals surface area contributed by atoms with Crippen LogP contribution in [0.4, 0.5) is 17.6 Å². The highest BCUT2D eigenvalue weighted by Crippen LogP contribution is 2.31. The Labute approximate surface area is 114 Å². The van der Waals surface area contributed by atoms with Gasteiger partial charge in [0.15, 0.2) is 0 Å². The van der Waals surface area contributed by atoms with Crippen molar-refractivity contribution in [3.8, 4) is 0 Å². The summed E-state index contributed by atoms with van der Waals surface area (Å²) in [6.45, 7) is 1.48. The molecule has 0 amide bonds. The second kappa shape index (κ2) is 8.18. The third-order valence-corrected chi connectivity index (χ3v) is 2.54. The van der Waals surface area contributed by atoms with Crippen LogP contribution in [0.5, 0.6) is 0 Å². The third kappa shape index (κ3) is 5.85. The van der Waals surface area contributed by atoms with Crippen molar-refractivity contribution in [3.63, 3.8) is 0 Å². The summed E-state index contributed by atoms with van der Waals surface area (Å²) in [4.78, 5) is 0. The van der Waals surface area contributed by atoms with Gasteiger partial charge in [-0.05, 0) is 30.7 Å². The molecule has 20 heavy (non-hydrogen) atoms. The number of alkyl halides is 3. The Morgan fingerprint density at radius 2 is 1.95 bits per heavy atom. The van der Waals surface area contributed by atoms with Gasteiger partial charge in [-0.3, -0.25) is 0 Å². The predicted octanol–water partition coefficient (Wildman–Crippen LogP) is 2.33. The van der Waals surface area contributed by atoms with Crippen LogP contribution < -0.4 is 5.32 Å². The molecule has 0 spiro atoms. The topological polar surface area (TPSA) is 41.5 Å². The molecule has 0 atom stereocenters. The molecule has 0 saturated heterocycles. The standard InChI is InChI=1S/C13H17F4NO2/c14-12-3-2-10(8-11(12)13(15,16)17)9-18-4-1-6-20-7-5-19/h2-3,8,18-19H,1,4-7,9H2. The van der Waals surface area contributed by atoms with E-state index in [-0.39, 0.29) is 19.8 Å². The maximum Gasteiger partial charge on any atom is 0.419 e. The zero-order valence-electron chi connectivity index (χ0n) is 10.8. The molecular weight excluding hydrogens is 278 g/mol. The van der Waals surface area contributed by atoms with Crippen molar-refractivity contribution in [1.82, 2.24) is 5.32 Å². The van der Waals surface area contributed by atoms with Gasteiger partial charge in [0.1, 0.15) is 5.82 Å². The van der Waals surface area contributed by atoms with E-state index in [1.54, 1.807) is 0 Å². The molecule has 0 heterocycles. The van der Waals surface area contributed by atoms with Crippen molar-refractivity contribution >= 4 is 0 Å². The highest BCUT2D eigenvalue weighted by atomic mass is 19.4. The molecule has 0 aromatic heterocycles. The van der Waals surface area contributed by atoms with Crippen molar-refractivity contribution in [1.29, 1.82) is 0 Å². The van der Waals surface area contributed by atoms with Gasteiger partial charge in [0.25, 0.3) is 0 Å². The van der Waals surface area contributed by atoms with E-state index >= 15 is 0 Å². The molecule has 0 radical (unpaired) electrons. The number of hydrogen-bond donors (Lipinski definition) is 2. The van der Waals surface area contributed by atoms with E-state index in [1.165, 1.54) is 6.07 Å². The van der Waals surface area contributed by atoms with Crippen molar-refractivity contribution in [2.24, 2.45) is 0 Å². The Morgan fingerprint density at radius 1 is 1.20 bits per heavy atom. The molecule has 1 aromatic carbocycles. The Morgan fingerprint density at radius 3 is 2.60 bits per heavy atom. The zero-order valence-corrected chi connectivity index (χ0v) is 10.8. The van der Waals surface area contributed by atoms with Crippen molar-refractivity contribution in [3.05, 3.63) is 35.1 Å². The van der Waals surface area contributed by atoms with E-state index in [9.17, 15) is 17.6 Å². The lowest BCUT2D eigenvalue weighted by Gasteiger charge is -2.10. The molecule has 7 heteroatoms. The molecule has 1 rings (SSSR count). The number of nitrogens with one attached hydrogen (secondary N) is 1. The molecule has 0 unspecified atom stereocenters. The first-order chi connectivity index (χ1) is 9.45. The SMILES string of the molecule is OCCOCCCNCc1ccc(F)c(C(F)(F)F)c1. The van der Waals surface area contributed by atoms with Crippen LogP contribution in [0.3, 0.4) is 0 Å². The Bertz CT molecular complexity index is 410. The number of aliphatic hydroxyl groups is 1. The molecular formula is C13H17F4NO2. The van der Waals surface area contributed by atoms with Crippen LogP contribution in [0.25, 0.3) is 0 Å². The summed E-state index contributed by atoms with van der Waals surface area (Å²) in [6, 6.07) is 2.95. The third-order valence-electron chi connectivity index (χ3n) is 2.54. The summed E-state index contributed by atoms with van der Waals surface area (Å²) >= 11 is 0. The van der Waals surface area contributed by atoms with Gasteiger partial charge in [0.2, 0.25) is 0 Å². The van der Waals surface area contributed by atoms with E-state index in [0.717, 1.165) is 12.1 Å². The average Bonchev–Trinajstić information content (AvgIpc) is 2.38. The number of benzene rings is 1. The summed E-state index contributed by atoms with van der Waals surface area (Å²) in [5.74, 6) is -1.27. The average molecular weight is 295 g/mol. The van der Waals surface area contributed by atoms with Crippen LogP contribution in [0.15, 0.2) is 18.2 Å². The van der Waals surface area contributed by atoms with Gasteiger partial charge >= 0.3 is 6.18 Å². The molecule has 0 fully saturated rings. The number of aliphatic hydroxyl groups excluding tert-OH is 1. The largest absolute Gasteiger partial charge is 0.419 e. The lowest BCUT2D eigenvalue weighted by atomic mass is 10.1. The monoisotopic (exact) mass is 295 g/mol. The second-order valence-electron chi connectivity index (χ2n) is 4.18. The van der Waals surface area contributed by atoms with E-state index < -0.39 is 17.6 Å². The highest BCUT2D eigenvalue weighted by Gasteiger charge is 2.34. The number of halogens is 4. The molecule has 114 valence electrons. The van der Waals surface area contributed by atoms with Crippen LogP contribution in [0, 0.1) is 5.82 Å². The van der Waals surface area contributed by atoms with Crippen LogP contribution in [-0.2, 0) is 17.5 Å². The quantitative estimate of drug-likeness (QED) is 0.571. The first kappa shape index (κ1) is 16.9. The highest BCUT2D eigenvalue weighted by molar-refractivity contribution is 5.27. The first-order valence-electron chi connectivity index (χ1n) is 6.20. The molecule has 0 bridgehead atoms. The van der Waals surface area contributed by atoms with Gasteiger partial charge in [-0.15, -0.1) is 0 Å². The van der Waals surface area contributed by atoms with Crippen molar-refractivity contribution in [2.45, 2.75) is 19.1 Å². The van der Waals surface area contributed by atoms with Crippen LogP contribution >= 0.6 is 0 Å². The molecule has 2 N–H and O–H groups in total. The molecule has 0 saturated carbocycles. The molecule has 0 aliphatic rings. The maximum absolute atomic E-state index is 13.0. The maximum atomic E-state index is 13.0. The summed E-state index contributed by atoms with van der Waals surface area (Å²) in [7, 11) is 0. The Balaban J connectivity index is 2.38. The summed E-state index contributed by atoms with van der Waals surface area (Å²) in [5.41, 5.74) is -0.877. The normalized spacial score (nSPS) is 11.8. The van der Waals surface area contributed by atoms with E-state index in [1.807, 2.05) is 0 Å². The van der Waals surface area contributed by atoms with Gasteiger partial charge in [-0.25, -0.2) is 4.39 Å². The minimum atomic E-state index is -4.68. The number of ether oxygens (including phenoxy) is 1.